The number of nitrogens with one attached hydrogen (secondary N) is 1. The van der Waals surface area contributed by atoms with E-state index >= 15 is 0 Å². The summed E-state index contributed by atoms with van der Waals surface area (Å²) in [5.74, 6) is 0.0593. The molecule has 20 heavy (non-hydrogen) atoms. The molecule has 0 aliphatic heterocycles. The summed E-state index contributed by atoms with van der Waals surface area (Å²) < 4.78 is 28.7. The number of carbonyl (C=O) groups excluding carboxylic acids is 1. The lowest BCUT2D eigenvalue weighted by molar-refractivity contribution is -0.123. The Labute approximate surface area is 126 Å². The Hall–Kier alpha value is -1.12. The number of hydrogen-bond donors (Lipinski definition) is 2. The van der Waals surface area contributed by atoms with Crippen LogP contribution >= 0.6 is 15.9 Å². The van der Waals surface area contributed by atoms with Gasteiger partial charge in [0.25, 0.3) is 5.91 Å². The lowest BCUT2D eigenvalue weighted by atomic mass is 10.2. The van der Waals surface area contributed by atoms with Crippen molar-refractivity contribution >= 4 is 31.9 Å². The molecule has 0 radical (unpaired) electrons. The van der Waals surface area contributed by atoms with Crippen molar-refractivity contribution in [2.24, 2.45) is 11.1 Å². The summed E-state index contributed by atoms with van der Waals surface area (Å²) >= 11 is 3.15. The first-order chi connectivity index (χ1) is 9.20. The maximum Gasteiger partial charge on any atom is 0.257 e. The van der Waals surface area contributed by atoms with Crippen LogP contribution in [0.2, 0.25) is 0 Å². The Balaban J connectivity index is 2.76. The van der Waals surface area contributed by atoms with Gasteiger partial charge in [-0.3, -0.25) is 4.79 Å². The molecular weight excluding hydrogens is 348 g/mol. The van der Waals surface area contributed by atoms with Crippen LogP contribution in [-0.2, 0) is 14.8 Å². The summed E-state index contributed by atoms with van der Waals surface area (Å²) in [6.07, 6.45) is 0. The van der Waals surface area contributed by atoms with E-state index in [2.05, 4.69) is 21.2 Å². The van der Waals surface area contributed by atoms with Gasteiger partial charge in [0, 0.05) is 11.0 Å². The molecule has 6 nitrogen and oxygen atoms in total. The second-order valence-corrected chi connectivity index (χ2v) is 7.07. The number of amides is 1. The van der Waals surface area contributed by atoms with E-state index in [4.69, 9.17) is 9.88 Å². The Bertz CT molecular complexity index is 587. The van der Waals surface area contributed by atoms with E-state index in [-0.39, 0.29) is 23.2 Å². The van der Waals surface area contributed by atoms with E-state index in [9.17, 15) is 13.2 Å². The third-order valence-corrected chi connectivity index (χ3v) is 3.70. The Kier molecular flexibility index (Phi) is 5.97. The zero-order chi connectivity index (χ0) is 15.3. The zero-order valence-electron chi connectivity index (χ0n) is 11.2. The summed E-state index contributed by atoms with van der Waals surface area (Å²) in [5, 5.41) is 7.77. The second-order valence-electron chi connectivity index (χ2n) is 4.62. The monoisotopic (exact) mass is 364 g/mol. The molecule has 0 aromatic heterocycles. The van der Waals surface area contributed by atoms with Crippen LogP contribution in [0.1, 0.15) is 13.8 Å². The van der Waals surface area contributed by atoms with Crippen LogP contribution < -0.4 is 15.2 Å². The van der Waals surface area contributed by atoms with Crippen LogP contribution in [-0.4, -0.2) is 27.5 Å². The van der Waals surface area contributed by atoms with Crippen molar-refractivity contribution in [3.8, 4) is 5.75 Å². The Morgan fingerprint density at radius 3 is 2.65 bits per heavy atom. The van der Waals surface area contributed by atoms with E-state index in [0.717, 1.165) is 0 Å². The molecule has 0 aliphatic rings. The highest BCUT2D eigenvalue weighted by atomic mass is 79.9. The predicted molar refractivity (Wildman–Crippen MR) is 78.9 cm³/mol. The number of halogens is 1. The first-order valence-electron chi connectivity index (χ1n) is 5.92. The van der Waals surface area contributed by atoms with Crippen LogP contribution in [0.5, 0.6) is 5.75 Å². The number of carbonyl (C=O) groups is 1. The topological polar surface area (TPSA) is 98.5 Å². The molecule has 1 rings (SSSR count). The van der Waals surface area contributed by atoms with Gasteiger partial charge in [0.1, 0.15) is 10.6 Å². The van der Waals surface area contributed by atoms with Crippen molar-refractivity contribution in [1.29, 1.82) is 0 Å². The minimum Gasteiger partial charge on any atom is -0.482 e. The van der Waals surface area contributed by atoms with Gasteiger partial charge in [-0.1, -0.05) is 29.8 Å². The summed E-state index contributed by atoms with van der Waals surface area (Å²) in [6.45, 7) is 4.20. The second kappa shape index (κ2) is 7.05. The molecule has 8 heteroatoms. The molecule has 1 aromatic rings. The van der Waals surface area contributed by atoms with Crippen molar-refractivity contribution in [3.63, 3.8) is 0 Å². The van der Waals surface area contributed by atoms with Gasteiger partial charge < -0.3 is 10.1 Å². The Morgan fingerprint density at radius 1 is 1.45 bits per heavy atom. The average molecular weight is 365 g/mol. The predicted octanol–water partition coefficient (Wildman–Crippen LogP) is 1.25. The highest BCUT2D eigenvalue weighted by Crippen LogP contribution is 2.26. The summed E-state index contributed by atoms with van der Waals surface area (Å²) in [4.78, 5) is 11.4. The zero-order valence-corrected chi connectivity index (χ0v) is 13.6. The maximum atomic E-state index is 11.5. The number of sulfonamides is 1. The largest absolute Gasteiger partial charge is 0.482 e. The fourth-order valence-electron chi connectivity index (χ4n) is 1.34. The number of hydrogen-bond acceptors (Lipinski definition) is 4. The molecule has 1 aromatic carbocycles. The van der Waals surface area contributed by atoms with E-state index in [1.165, 1.54) is 12.1 Å². The molecule has 0 unspecified atom stereocenters. The number of primary sulfonamides is 1. The highest BCUT2D eigenvalue weighted by Gasteiger charge is 2.16. The maximum absolute atomic E-state index is 11.5. The van der Waals surface area contributed by atoms with Crippen LogP contribution in [0.3, 0.4) is 0 Å². The van der Waals surface area contributed by atoms with Crippen molar-refractivity contribution in [2.45, 2.75) is 18.7 Å². The first-order valence-corrected chi connectivity index (χ1v) is 8.26. The van der Waals surface area contributed by atoms with Gasteiger partial charge in [-0.25, -0.2) is 13.6 Å². The minimum atomic E-state index is -3.92. The fraction of sp³-hybridized carbons (Fsp3) is 0.417. The molecule has 112 valence electrons. The van der Waals surface area contributed by atoms with Gasteiger partial charge >= 0.3 is 0 Å². The molecule has 0 spiro atoms. The summed E-state index contributed by atoms with van der Waals surface area (Å²) in [7, 11) is -3.92. The van der Waals surface area contributed by atoms with Gasteiger partial charge in [0.15, 0.2) is 6.61 Å². The molecule has 1 amide bonds. The van der Waals surface area contributed by atoms with Gasteiger partial charge in [0.05, 0.1) is 0 Å². The van der Waals surface area contributed by atoms with Gasteiger partial charge in [-0.05, 0) is 24.1 Å². The van der Waals surface area contributed by atoms with E-state index in [1.807, 2.05) is 13.8 Å². The molecule has 0 saturated carbocycles. The molecule has 0 heterocycles. The quantitative estimate of drug-likeness (QED) is 0.793. The van der Waals surface area contributed by atoms with E-state index in [1.54, 1.807) is 6.07 Å². The number of rotatable bonds is 6. The van der Waals surface area contributed by atoms with Gasteiger partial charge in [-0.15, -0.1) is 0 Å². The lowest BCUT2D eigenvalue weighted by Gasteiger charge is -2.11. The Morgan fingerprint density at radius 2 is 2.10 bits per heavy atom. The van der Waals surface area contributed by atoms with Crippen molar-refractivity contribution in [2.75, 3.05) is 13.2 Å². The van der Waals surface area contributed by atoms with Gasteiger partial charge in [0.2, 0.25) is 10.0 Å². The molecule has 0 bridgehead atoms. The van der Waals surface area contributed by atoms with Crippen LogP contribution in [0, 0.1) is 5.92 Å². The van der Waals surface area contributed by atoms with Crippen molar-refractivity contribution < 1.29 is 17.9 Å². The normalized spacial score (nSPS) is 11.4. The SMILES string of the molecule is CC(C)CNC(=O)COc1ccc(Br)cc1S(N)(=O)=O. The van der Waals surface area contributed by atoms with Crippen molar-refractivity contribution in [1.82, 2.24) is 5.32 Å². The van der Waals surface area contributed by atoms with Crippen molar-refractivity contribution in [3.05, 3.63) is 22.7 Å². The van der Waals surface area contributed by atoms with E-state index in [0.29, 0.717) is 16.9 Å². The van der Waals surface area contributed by atoms with E-state index < -0.39 is 10.0 Å². The summed E-state index contributed by atoms with van der Waals surface area (Å²) in [5.41, 5.74) is 0. The molecule has 3 N–H and O–H groups in total. The fourth-order valence-corrected chi connectivity index (χ4v) is 2.55. The van der Waals surface area contributed by atoms with Crippen LogP contribution in [0.15, 0.2) is 27.6 Å². The number of ether oxygens (including phenoxy) is 1. The smallest absolute Gasteiger partial charge is 0.257 e. The molecular formula is C12H17BrN2O4S. The molecule has 0 fully saturated rings. The highest BCUT2D eigenvalue weighted by molar-refractivity contribution is 9.10. The molecule has 0 aliphatic carbocycles. The lowest BCUT2D eigenvalue weighted by Crippen LogP contribution is -2.32. The first kappa shape index (κ1) is 16.9. The third-order valence-electron chi connectivity index (χ3n) is 2.28. The average Bonchev–Trinajstić information content (AvgIpc) is 2.33. The number of benzene rings is 1. The number of nitrogens with two attached hydrogens (primary N) is 1. The minimum absolute atomic E-state index is 0.0513. The third kappa shape index (κ3) is 5.48. The van der Waals surface area contributed by atoms with Crippen LogP contribution in [0.25, 0.3) is 0 Å². The van der Waals surface area contributed by atoms with Gasteiger partial charge in [-0.2, -0.15) is 0 Å². The summed E-state index contributed by atoms with van der Waals surface area (Å²) in [6, 6.07) is 4.38. The standard InChI is InChI=1S/C12H17BrN2O4S/c1-8(2)6-15-12(16)7-19-10-4-3-9(13)5-11(10)20(14,17)18/h3-5,8H,6-7H2,1-2H3,(H,15,16)(H2,14,17,18). The van der Waals surface area contributed by atoms with Crippen LogP contribution in [0.4, 0.5) is 0 Å². The molecule has 0 saturated heterocycles. The molecule has 0 atom stereocenters.